The molecule has 1 aliphatic rings. The molecule has 0 saturated heterocycles. The molecule has 1 N–H and O–H groups in total. The highest BCUT2D eigenvalue weighted by Crippen LogP contribution is 2.36. The maximum atomic E-state index is 12.2. The van der Waals surface area contributed by atoms with Gasteiger partial charge in [0.2, 0.25) is 0 Å². The topological polar surface area (TPSA) is 54.4 Å². The van der Waals surface area contributed by atoms with Crippen LogP contribution >= 0.6 is 0 Å². The van der Waals surface area contributed by atoms with Crippen LogP contribution in [0.4, 0.5) is 0 Å². The van der Waals surface area contributed by atoms with E-state index in [4.69, 9.17) is 5.11 Å². The average Bonchev–Trinajstić information content (AvgIpc) is 3.28. The van der Waals surface area contributed by atoms with Crippen molar-refractivity contribution in [2.75, 3.05) is 0 Å². The lowest BCUT2D eigenvalue weighted by atomic mass is 10.1. The van der Waals surface area contributed by atoms with Crippen molar-refractivity contribution in [2.45, 2.75) is 6.42 Å². The highest BCUT2D eigenvalue weighted by atomic mass is 16.4. The van der Waals surface area contributed by atoms with Crippen LogP contribution in [0.3, 0.4) is 0 Å². The third kappa shape index (κ3) is 3.76. The third-order valence-electron chi connectivity index (χ3n) is 3.85. The summed E-state index contributed by atoms with van der Waals surface area (Å²) >= 11 is 0. The number of carboxylic acids is 1. The van der Waals surface area contributed by atoms with Gasteiger partial charge in [0.05, 0.1) is 5.56 Å². The molecule has 0 radical (unpaired) electrons. The fraction of sp³-hybridized carbons (Fsp3) is 0.0476. The number of carbonyl (C=O) groups is 2. The summed E-state index contributed by atoms with van der Waals surface area (Å²) < 4.78 is 0. The zero-order chi connectivity index (χ0) is 17.1. The van der Waals surface area contributed by atoms with Crippen LogP contribution in [0.25, 0.3) is 12.2 Å². The highest BCUT2D eigenvalue weighted by Gasteiger charge is 2.17. The molecular formula is C21H16O3. The van der Waals surface area contributed by atoms with Crippen LogP contribution < -0.4 is 0 Å². The summed E-state index contributed by atoms with van der Waals surface area (Å²) in [7, 11) is 0. The minimum absolute atomic E-state index is 0.0904. The number of carbonyl (C=O) groups excluding carboxylic acids is 1. The Bertz CT molecular complexity index is 866. The molecule has 118 valence electrons. The predicted octanol–water partition coefficient (Wildman–Crippen LogP) is 4.62. The van der Waals surface area contributed by atoms with Gasteiger partial charge in [-0.05, 0) is 46.9 Å². The number of benzene rings is 2. The van der Waals surface area contributed by atoms with Crippen LogP contribution in [0.2, 0.25) is 0 Å². The second kappa shape index (κ2) is 6.50. The molecular weight excluding hydrogens is 300 g/mol. The first-order valence-electron chi connectivity index (χ1n) is 7.57. The minimum atomic E-state index is -0.966. The Kier molecular flexibility index (Phi) is 4.25. The van der Waals surface area contributed by atoms with Gasteiger partial charge in [0, 0.05) is 5.56 Å². The van der Waals surface area contributed by atoms with Gasteiger partial charge in [0.25, 0.3) is 0 Å². The van der Waals surface area contributed by atoms with Gasteiger partial charge in [-0.25, -0.2) is 4.79 Å². The first-order chi connectivity index (χ1) is 11.5. The number of rotatable bonds is 5. The van der Waals surface area contributed by atoms with E-state index in [9.17, 15) is 9.59 Å². The molecule has 1 aliphatic carbocycles. The van der Waals surface area contributed by atoms with Crippen molar-refractivity contribution in [3.8, 4) is 0 Å². The zero-order valence-electron chi connectivity index (χ0n) is 13.0. The van der Waals surface area contributed by atoms with E-state index in [2.05, 4.69) is 12.7 Å². The van der Waals surface area contributed by atoms with Gasteiger partial charge in [-0.2, -0.15) is 0 Å². The molecule has 0 unspecified atom stereocenters. The van der Waals surface area contributed by atoms with Crippen LogP contribution in [-0.2, 0) is 0 Å². The van der Waals surface area contributed by atoms with Crippen molar-refractivity contribution in [1.82, 2.24) is 0 Å². The van der Waals surface area contributed by atoms with Crippen LogP contribution in [0, 0.1) is 0 Å². The van der Waals surface area contributed by atoms with Crippen LogP contribution in [0.1, 0.15) is 38.3 Å². The van der Waals surface area contributed by atoms with E-state index in [0.717, 1.165) is 17.5 Å². The molecule has 0 amide bonds. The van der Waals surface area contributed by atoms with Gasteiger partial charge >= 0.3 is 5.97 Å². The predicted molar refractivity (Wildman–Crippen MR) is 94.9 cm³/mol. The van der Waals surface area contributed by atoms with E-state index >= 15 is 0 Å². The Morgan fingerprint density at radius 1 is 0.917 bits per heavy atom. The lowest BCUT2D eigenvalue weighted by Gasteiger charge is -1.98. The Balaban J connectivity index is 1.67. The molecule has 3 rings (SSSR count). The summed E-state index contributed by atoms with van der Waals surface area (Å²) in [5, 5.41) is 8.86. The summed E-state index contributed by atoms with van der Waals surface area (Å²) in [6, 6.07) is 13.8. The first kappa shape index (κ1) is 15.7. The Hall–Kier alpha value is -3.20. The summed E-state index contributed by atoms with van der Waals surface area (Å²) in [4.78, 5) is 23.0. The van der Waals surface area contributed by atoms with Gasteiger partial charge < -0.3 is 5.11 Å². The number of aromatic carboxylic acids is 1. The van der Waals surface area contributed by atoms with Crippen molar-refractivity contribution in [3.05, 3.63) is 94.6 Å². The van der Waals surface area contributed by atoms with E-state index in [1.54, 1.807) is 30.3 Å². The Morgan fingerprint density at radius 2 is 1.46 bits per heavy atom. The summed E-state index contributed by atoms with van der Waals surface area (Å²) in [5.74, 6) is -1.06. The molecule has 0 bridgehead atoms. The zero-order valence-corrected chi connectivity index (χ0v) is 13.0. The van der Waals surface area contributed by atoms with E-state index < -0.39 is 5.97 Å². The second-order valence-corrected chi connectivity index (χ2v) is 5.70. The molecule has 3 nitrogen and oxygen atoms in total. The first-order valence-corrected chi connectivity index (χ1v) is 7.57. The standard InChI is InChI=1S/C21H16O3/c1-14-12-19(14)13-16-4-7-17(8-5-16)20(22)11-6-15-2-9-18(10-3-15)21(23)24/h2-11,13H,1,12H2,(H,23,24)/b11-6+,19-13+. The van der Waals surface area contributed by atoms with E-state index in [-0.39, 0.29) is 11.3 Å². The van der Waals surface area contributed by atoms with E-state index in [0.29, 0.717) is 5.56 Å². The molecule has 1 fully saturated rings. The fourth-order valence-electron chi connectivity index (χ4n) is 2.29. The molecule has 0 spiro atoms. The Morgan fingerprint density at radius 3 is 2.00 bits per heavy atom. The molecule has 24 heavy (non-hydrogen) atoms. The number of carboxylic acid groups (broad SMARTS) is 1. The largest absolute Gasteiger partial charge is 0.478 e. The van der Waals surface area contributed by atoms with Crippen LogP contribution in [0.5, 0.6) is 0 Å². The normalized spacial score (nSPS) is 15.0. The lowest BCUT2D eigenvalue weighted by molar-refractivity contribution is 0.0696. The van der Waals surface area contributed by atoms with Gasteiger partial charge in [-0.1, -0.05) is 55.1 Å². The van der Waals surface area contributed by atoms with Gasteiger partial charge in [-0.3, -0.25) is 4.79 Å². The summed E-state index contributed by atoms with van der Waals surface area (Å²) in [6.45, 7) is 3.89. The fourth-order valence-corrected chi connectivity index (χ4v) is 2.29. The molecule has 0 aromatic heterocycles. The molecule has 2 aromatic rings. The quantitative estimate of drug-likeness (QED) is 0.646. The SMILES string of the molecule is C=C1C/C1=C\c1ccc(C(=O)/C=C/c2ccc(C(=O)O)cc2)cc1. The van der Waals surface area contributed by atoms with Crippen molar-refractivity contribution in [2.24, 2.45) is 0 Å². The molecule has 1 saturated carbocycles. The van der Waals surface area contributed by atoms with Crippen molar-refractivity contribution in [1.29, 1.82) is 0 Å². The molecule has 3 heteroatoms. The highest BCUT2D eigenvalue weighted by molar-refractivity contribution is 6.06. The number of hydrogen-bond acceptors (Lipinski definition) is 2. The van der Waals surface area contributed by atoms with Crippen molar-refractivity contribution < 1.29 is 14.7 Å². The summed E-state index contributed by atoms with van der Waals surface area (Å²) in [6.07, 6.45) is 6.23. The van der Waals surface area contributed by atoms with Crippen LogP contribution in [0.15, 0.2) is 72.3 Å². The molecule has 0 heterocycles. The summed E-state index contributed by atoms with van der Waals surface area (Å²) in [5.41, 5.74) is 5.12. The number of ketones is 1. The van der Waals surface area contributed by atoms with E-state index in [1.165, 1.54) is 29.4 Å². The van der Waals surface area contributed by atoms with Crippen LogP contribution in [-0.4, -0.2) is 16.9 Å². The average molecular weight is 316 g/mol. The van der Waals surface area contributed by atoms with Gasteiger partial charge in [0.15, 0.2) is 5.78 Å². The minimum Gasteiger partial charge on any atom is -0.478 e. The monoisotopic (exact) mass is 316 g/mol. The maximum absolute atomic E-state index is 12.2. The second-order valence-electron chi connectivity index (χ2n) is 5.70. The third-order valence-corrected chi connectivity index (χ3v) is 3.85. The van der Waals surface area contributed by atoms with Crippen molar-refractivity contribution >= 4 is 23.9 Å². The smallest absolute Gasteiger partial charge is 0.335 e. The Labute approximate surface area is 140 Å². The van der Waals surface area contributed by atoms with Crippen molar-refractivity contribution in [3.63, 3.8) is 0 Å². The van der Waals surface area contributed by atoms with Gasteiger partial charge in [0.1, 0.15) is 0 Å². The maximum Gasteiger partial charge on any atom is 0.335 e. The molecule has 2 aromatic carbocycles. The molecule has 0 aliphatic heterocycles. The van der Waals surface area contributed by atoms with E-state index in [1.807, 2.05) is 12.1 Å². The molecule has 0 atom stereocenters. The number of hydrogen-bond donors (Lipinski definition) is 1. The lowest BCUT2D eigenvalue weighted by Crippen LogP contribution is -1.95. The number of allylic oxidation sites excluding steroid dienone is 3. The van der Waals surface area contributed by atoms with Gasteiger partial charge in [-0.15, -0.1) is 0 Å².